The SMILES string of the molecule is CCN1c2nc(O)cc(=O)n2C[C@H]1c1ccccc1OC. The molecule has 1 aromatic carbocycles. The molecule has 1 atom stereocenters. The van der Waals surface area contributed by atoms with Gasteiger partial charge in [-0.2, -0.15) is 4.98 Å². The number of methoxy groups -OCH3 is 1. The lowest BCUT2D eigenvalue weighted by Crippen LogP contribution is -2.25. The predicted molar refractivity (Wildman–Crippen MR) is 78.9 cm³/mol. The number of benzene rings is 1. The molecule has 0 bridgehead atoms. The number of fused-ring (bicyclic) bond motifs is 1. The number of nitrogens with zero attached hydrogens (tertiary/aromatic N) is 3. The van der Waals surface area contributed by atoms with Gasteiger partial charge in [-0.15, -0.1) is 0 Å². The number of hydrogen-bond acceptors (Lipinski definition) is 5. The summed E-state index contributed by atoms with van der Waals surface area (Å²) >= 11 is 0. The van der Waals surface area contributed by atoms with E-state index in [4.69, 9.17) is 4.74 Å². The average Bonchev–Trinajstić information content (AvgIpc) is 2.85. The van der Waals surface area contributed by atoms with Gasteiger partial charge in [0.1, 0.15) is 5.75 Å². The van der Waals surface area contributed by atoms with Gasteiger partial charge in [0.05, 0.1) is 25.8 Å². The van der Waals surface area contributed by atoms with Crippen LogP contribution in [0.1, 0.15) is 18.5 Å². The first-order valence-electron chi connectivity index (χ1n) is 6.86. The Labute approximate surface area is 122 Å². The zero-order valence-electron chi connectivity index (χ0n) is 12.0. The van der Waals surface area contributed by atoms with Crippen molar-refractivity contribution < 1.29 is 9.84 Å². The monoisotopic (exact) mass is 287 g/mol. The van der Waals surface area contributed by atoms with Crippen molar-refractivity contribution in [1.29, 1.82) is 0 Å². The Morgan fingerprint density at radius 2 is 2.19 bits per heavy atom. The van der Waals surface area contributed by atoms with Crippen molar-refractivity contribution in [2.45, 2.75) is 19.5 Å². The molecule has 1 aliphatic rings. The highest BCUT2D eigenvalue weighted by Crippen LogP contribution is 2.37. The van der Waals surface area contributed by atoms with Crippen molar-refractivity contribution >= 4 is 5.95 Å². The third-order valence-corrected chi connectivity index (χ3v) is 3.80. The molecule has 6 heteroatoms. The van der Waals surface area contributed by atoms with E-state index < -0.39 is 0 Å². The van der Waals surface area contributed by atoms with E-state index in [1.54, 1.807) is 11.7 Å². The van der Waals surface area contributed by atoms with Crippen LogP contribution in [0.15, 0.2) is 35.1 Å². The van der Waals surface area contributed by atoms with Crippen molar-refractivity contribution in [3.63, 3.8) is 0 Å². The molecule has 1 aromatic heterocycles. The second-order valence-corrected chi connectivity index (χ2v) is 4.91. The van der Waals surface area contributed by atoms with E-state index in [0.29, 0.717) is 19.0 Å². The van der Waals surface area contributed by atoms with Crippen molar-refractivity contribution in [1.82, 2.24) is 9.55 Å². The van der Waals surface area contributed by atoms with Crippen molar-refractivity contribution in [2.75, 3.05) is 18.6 Å². The molecule has 0 amide bonds. The maximum Gasteiger partial charge on any atom is 0.258 e. The number of likely N-dealkylation sites (N-methyl/N-ethyl adjacent to an activating group) is 1. The van der Waals surface area contributed by atoms with Gasteiger partial charge >= 0.3 is 0 Å². The summed E-state index contributed by atoms with van der Waals surface area (Å²) in [7, 11) is 1.63. The van der Waals surface area contributed by atoms with Gasteiger partial charge in [-0.25, -0.2) is 0 Å². The van der Waals surface area contributed by atoms with Crippen LogP contribution in [0, 0.1) is 0 Å². The fourth-order valence-corrected chi connectivity index (χ4v) is 2.85. The number of hydrogen-bond donors (Lipinski definition) is 1. The Balaban J connectivity index is 2.11. The second-order valence-electron chi connectivity index (χ2n) is 4.91. The lowest BCUT2D eigenvalue weighted by atomic mass is 10.1. The smallest absolute Gasteiger partial charge is 0.258 e. The van der Waals surface area contributed by atoms with Crippen molar-refractivity contribution in [2.24, 2.45) is 0 Å². The van der Waals surface area contributed by atoms with Gasteiger partial charge in [0.2, 0.25) is 11.8 Å². The lowest BCUT2D eigenvalue weighted by molar-refractivity contribution is 0.403. The lowest BCUT2D eigenvalue weighted by Gasteiger charge is -2.25. The third-order valence-electron chi connectivity index (χ3n) is 3.80. The summed E-state index contributed by atoms with van der Waals surface area (Å²) in [4.78, 5) is 18.1. The van der Waals surface area contributed by atoms with Crippen LogP contribution in [0.25, 0.3) is 0 Å². The molecule has 110 valence electrons. The van der Waals surface area contributed by atoms with E-state index in [2.05, 4.69) is 4.98 Å². The number of ether oxygens (including phenoxy) is 1. The first-order chi connectivity index (χ1) is 10.2. The Hall–Kier alpha value is -2.50. The van der Waals surface area contributed by atoms with E-state index in [1.807, 2.05) is 36.1 Å². The summed E-state index contributed by atoms with van der Waals surface area (Å²) in [5, 5.41) is 9.57. The number of aromatic nitrogens is 2. The van der Waals surface area contributed by atoms with Gasteiger partial charge in [-0.3, -0.25) is 9.36 Å². The van der Waals surface area contributed by atoms with Gasteiger partial charge in [-0.1, -0.05) is 18.2 Å². The minimum Gasteiger partial charge on any atom is -0.496 e. The van der Waals surface area contributed by atoms with Crippen LogP contribution in [0.2, 0.25) is 0 Å². The first-order valence-corrected chi connectivity index (χ1v) is 6.86. The van der Waals surface area contributed by atoms with Crippen LogP contribution in [-0.2, 0) is 6.54 Å². The minimum atomic E-state index is -0.245. The van der Waals surface area contributed by atoms with Crippen LogP contribution >= 0.6 is 0 Å². The molecule has 0 spiro atoms. The second kappa shape index (κ2) is 5.12. The highest BCUT2D eigenvalue weighted by atomic mass is 16.5. The first kappa shape index (κ1) is 13.5. The quantitative estimate of drug-likeness (QED) is 0.927. The molecular formula is C15H17N3O3. The number of rotatable bonds is 3. The largest absolute Gasteiger partial charge is 0.496 e. The topological polar surface area (TPSA) is 67.6 Å². The molecule has 2 aromatic rings. The Morgan fingerprint density at radius 3 is 2.90 bits per heavy atom. The fourth-order valence-electron chi connectivity index (χ4n) is 2.85. The summed E-state index contributed by atoms with van der Waals surface area (Å²) < 4.78 is 7.00. The number of para-hydroxylation sites is 1. The van der Waals surface area contributed by atoms with E-state index in [-0.39, 0.29) is 17.5 Å². The molecule has 2 heterocycles. The molecule has 0 radical (unpaired) electrons. The maximum atomic E-state index is 12.0. The van der Waals surface area contributed by atoms with Crippen LogP contribution < -0.4 is 15.2 Å². The van der Waals surface area contributed by atoms with E-state index in [1.165, 1.54) is 0 Å². The molecule has 0 aliphatic carbocycles. The molecule has 0 fully saturated rings. The Bertz CT molecular complexity index is 726. The van der Waals surface area contributed by atoms with Crippen LogP contribution in [0.4, 0.5) is 5.95 Å². The van der Waals surface area contributed by atoms with Crippen molar-refractivity contribution in [3.05, 3.63) is 46.2 Å². The van der Waals surface area contributed by atoms with Gasteiger partial charge in [0, 0.05) is 12.1 Å². The van der Waals surface area contributed by atoms with Crippen LogP contribution in [0.5, 0.6) is 11.6 Å². The standard InChI is InChI=1S/C15H17N3O3/c1-3-17-11(10-6-4-5-7-12(10)21-2)9-18-14(20)8-13(19)16-15(17)18/h4-8,11,19H,3,9H2,1-2H3/t11-/m0/s1. The van der Waals surface area contributed by atoms with E-state index >= 15 is 0 Å². The summed E-state index contributed by atoms with van der Waals surface area (Å²) in [5.74, 6) is 1.04. The molecule has 0 unspecified atom stereocenters. The number of anilines is 1. The highest BCUT2D eigenvalue weighted by molar-refractivity contribution is 5.47. The van der Waals surface area contributed by atoms with Crippen LogP contribution in [-0.4, -0.2) is 28.3 Å². The van der Waals surface area contributed by atoms with Crippen LogP contribution in [0.3, 0.4) is 0 Å². The molecule has 1 aliphatic heterocycles. The zero-order valence-corrected chi connectivity index (χ0v) is 12.0. The summed E-state index contributed by atoms with van der Waals surface area (Å²) in [6.07, 6.45) is 0. The fraction of sp³-hybridized carbons (Fsp3) is 0.333. The Kier molecular flexibility index (Phi) is 3.29. The summed E-state index contributed by atoms with van der Waals surface area (Å²) in [6, 6.07) is 8.86. The van der Waals surface area contributed by atoms with Gasteiger partial charge in [-0.05, 0) is 13.0 Å². The average molecular weight is 287 g/mol. The minimum absolute atomic E-state index is 0.0341. The summed E-state index contributed by atoms with van der Waals surface area (Å²) in [6.45, 7) is 3.17. The van der Waals surface area contributed by atoms with Crippen molar-refractivity contribution in [3.8, 4) is 11.6 Å². The van der Waals surface area contributed by atoms with Gasteiger partial charge in [0.15, 0.2) is 0 Å². The summed E-state index contributed by atoms with van der Waals surface area (Å²) in [5.41, 5.74) is 0.764. The molecule has 3 rings (SSSR count). The Morgan fingerprint density at radius 1 is 1.43 bits per heavy atom. The normalized spacial score (nSPS) is 16.9. The van der Waals surface area contributed by atoms with Gasteiger partial charge < -0.3 is 14.7 Å². The highest BCUT2D eigenvalue weighted by Gasteiger charge is 2.33. The molecule has 0 saturated carbocycles. The maximum absolute atomic E-state index is 12.0. The molecule has 6 nitrogen and oxygen atoms in total. The molecule has 21 heavy (non-hydrogen) atoms. The zero-order chi connectivity index (χ0) is 15.0. The third kappa shape index (κ3) is 2.12. The van der Waals surface area contributed by atoms with E-state index in [0.717, 1.165) is 17.4 Å². The predicted octanol–water partition coefficient (Wildman–Crippen LogP) is 1.54. The number of aromatic hydroxyl groups is 1. The van der Waals surface area contributed by atoms with Gasteiger partial charge in [0.25, 0.3) is 5.56 Å². The molecule has 0 saturated heterocycles. The van der Waals surface area contributed by atoms with E-state index in [9.17, 15) is 9.90 Å². The molecule has 1 N–H and O–H groups in total. The molecular weight excluding hydrogens is 270 g/mol.